The van der Waals surface area contributed by atoms with Crippen molar-refractivity contribution >= 4 is 14.6 Å². The Morgan fingerprint density at radius 1 is 1.14 bits per heavy atom. The van der Waals surface area contributed by atoms with E-state index in [2.05, 4.69) is 61.6 Å². The van der Waals surface area contributed by atoms with Gasteiger partial charge >= 0.3 is 0 Å². The number of carbonyl (C=O) groups excluding carboxylic acids is 1. The van der Waals surface area contributed by atoms with Gasteiger partial charge in [-0.1, -0.05) is 55.4 Å². The molecular formula is C24H48O4Si. The molecule has 29 heavy (non-hydrogen) atoms. The Hall–Kier alpha value is -0.233. The standard InChI is InChI=1S/C24H48O4Si/c1-13-20-19(5)22(27-24(9,10)26-20)17(3)14-16(2)21(18(4)15-25)28-29(11,12)23(6,7)8/h15-22H,13-14H2,1-12H3/t16-,17-,18-,19-,20+,21-,22+/m1/s1. The normalized spacial score (nSPS) is 29.7. The fourth-order valence-corrected chi connectivity index (χ4v) is 5.91. The van der Waals surface area contributed by atoms with Gasteiger partial charge in [0.05, 0.1) is 18.3 Å². The Kier molecular flexibility index (Phi) is 9.17. The van der Waals surface area contributed by atoms with E-state index >= 15 is 0 Å². The highest BCUT2D eigenvalue weighted by atomic mass is 28.4. The second-order valence-corrected chi connectivity index (χ2v) is 16.2. The van der Waals surface area contributed by atoms with Crippen LogP contribution in [0.5, 0.6) is 0 Å². The highest BCUT2D eigenvalue weighted by Crippen LogP contribution is 2.41. The summed E-state index contributed by atoms with van der Waals surface area (Å²) in [5.41, 5.74) is 0. The van der Waals surface area contributed by atoms with Crippen LogP contribution in [0.25, 0.3) is 0 Å². The molecule has 0 aromatic rings. The number of hydrogen-bond acceptors (Lipinski definition) is 4. The van der Waals surface area contributed by atoms with Gasteiger partial charge in [0.2, 0.25) is 0 Å². The van der Waals surface area contributed by atoms with Gasteiger partial charge in [-0.2, -0.15) is 0 Å². The van der Waals surface area contributed by atoms with Crippen LogP contribution in [-0.4, -0.2) is 38.7 Å². The van der Waals surface area contributed by atoms with Gasteiger partial charge in [0.25, 0.3) is 0 Å². The second-order valence-electron chi connectivity index (χ2n) is 11.4. The topological polar surface area (TPSA) is 44.8 Å². The number of aldehydes is 1. The second kappa shape index (κ2) is 9.93. The SMILES string of the molecule is CC[C@@H]1OC(C)(C)O[C@@H]([C@H](C)C[C@@H](C)[C@@H](O[Si](C)(C)C(C)(C)C)[C@H](C)C=O)[C@@H]1C. The molecule has 0 spiro atoms. The third kappa shape index (κ3) is 6.88. The summed E-state index contributed by atoms with van der Waals surface area (Å²) in [5, 5.41) is 0.121. The molecule has 0 bridgehead atoms. The number of rotatable bonds is 9. The molecule has 1 fully saturated rings. The van der Waals surface area contributed by atoms with E-state index in [1.807, 2.05) is 20.8 Å². The van der Waals surface area contributed by atoms with E-state index in [0.29, 0.717) is 11.8 Å². The van der Waals surface area contributed by atoms with E-state index in [9.17, 15) is 4.79 Å². The van der Waals surface area contributed by atoms with Crippen LogP contribution in [0.15, 0.2) is 0 Å². The van der Waals surface area contributed by atoms with Crippen molar-refractivity contribution in [3.8, 4) is 0 Å². The predicted molar refractivity (Wildman–Crippen MR) is 124 cm³/mol. The summed E-state index contributed by atoms with van der Waals surface area (Å²) in [6.07, 6.45) is 3.33. The molecule has 0 aromatic heterocycles. The first-order valence-corrected chi connectivity index (χ1v) is 14.5. The molecule has 4 nitrogen and oxygen atoms in total. The van der Waals surface area contributed by atoms with Crippen LogP contribution in [0, 0.1) is 23.7 Å². The van der Waals surface area contributed by atoms with Gasteiger partial charge in [0, 0.05) is 11.8 Å². The molecule has 0 aromatic carbocycles. The van der Waals surface area contributed by atoms with Gasteiger partial charge in [-0.15, -0.1) is 0 Å². The summed E-state index contributed by atoms with van der Waals surface area (Å²) in [5.74, 6) is 0.322. The Morgan fingerprint density at radius 2 is 1.69 bits per heavy atom. The van der Waals surface area contributed by atoms with Gasteiger partial charge in [0.15, 0.2) is 14.1 Å². The fraction of sp³-hybridized carbons (Fsp3) is 0.958. The minimum Gasteiger partial charge on any atom is -0.413 e. The molecule has 1 aliphatic heterocycles. The van der Waals surface area contributed by atoms with Crippen LogP contribution in [0.2, 0.25) is 18.1 Å². The maximum absolute atomic E-state index is 11.7. The van der Waals surface area contributed by atoms with Gasteiger partial charge in [0.1, 0.15) is 6.29 Å². The van der Waals surface area contributed by atoms with Crippen molar-refractivity contribution in [3.63, 3.8) is 0 Å². The van der Waals surface area contributed by atoms with Crippen molar-refractivity contribution in [1.82, 2.24) is 0 Å². The van der Waals surface area contributed by atoms with E-state index in [4.69, 9.17) is 13.9 Å². The molecule has 0 N–H and O–H groups in total. The van der Waals surface area contributed by atoms with Crippen molar-refractivity contribution in [2.24, 2.45) is 23.7 Å². The first kappa shape index (κ1) is 26.8. The van der Waals surface area contributed by atoms with Crippen molar-refractivity contribution < 1.29 is 18.7 Å². The van der Waals surface area contributed by atoms with Gasteiger partial charge in [-0.3, -0.25) is 0 Å². The van der Waals surface area contributed by atoms with Crippen molar-refractivity contribution in [2.75, 3.05) is 0 Å². The summed E-state index contributed by atoms with van der Waals surface area (Å²) in [6, 6.07) is 0. The Bertz CT molecular complexity index is 525. The summed E-state index contributed by atoms with van der Waals surface area (Å²) in [4.78, 5) is 11.7. The van der Waals surface area contributed by atoms with E-state index in [1.165, 1.54) is 0 Å². The molecule has 0 amide bonds. The quantitative estimate of drug-likeness (QED) is 0.313. The Balaban J connectivity index is 2.98. The van der Waals surface area contributed by atoms with Crippen LogP contribution < -0.4 is 0 Å². The molecule has 7 atom stereocenters. The zero-order valence-corrected chi connectivity index (χ0v) is 22.2. The van der Waals surface area contributed by atoms with Gasteiger partial charge in [-0.05, 0) is 56.7 Å². The van der Waals surface area contributed by atoms with E-state index in [-0.39, 0.29) is 35.2 Å². The fourth-order valence-electron chi connectivity index (χ4n) is 4.43. The predicted octanol–water partition coefficient (Wildman–Crippen LogP) is 6.44. The maximum Gasteiger partial charge on any atom is 0.192 e. The number of hydrogen-bond donors (Lipinski definition) is 0. The molecule has 1 rings (SSSR count). The largest absolute Gasteiger partial charge is 0.413 e. The minimum absolute atomic E-state index is 0.0547. The molecular weight excluding hydrogens is 380 g/mol. The Morgan fingerprint density at radius 3 is 2.14 bits per heavy atom. The number of ether oxygens (including phenoxy) is 2. The van der Waals surface area contributed by atoms with Crippen molar-refractivity contribution in [2.45, 2.75) is 124 Å². The number of carbonyl (C=O) groups is 1. The molecule has 0 aliphatic carbocycles. The summed E-state index contributed by atoms with van der Waals surface area (Å²) in [7, 11) is -1.96. The Labute approximate surface area is 181 Å². The average molecular weight is 429 g/mol. The van der Waals surface area contributed by atoms with Gasteiger partial charge in [-0.25, -0.2) is 0 Å². The maximum atomic E-state index is 11.7. The highest BCUT2D eigenvalue weighted by molar-refractivity contribution is 6.74. The van der Waals surface area contributed by atoms with E-state index < -0.39 is 14.1 Å². The van der Waals surface area contributed by atoms with Crippen molar-refractivity contribution in [3.05, 3.63) is 0 Å². The molecule has 1 saturated heterocycles. The summed E-state index contributed by atoms with van der Waals surface area (Å²) >= 11 is 0. The van der Waals surface area contributed by atoms with Crippen LogP contribution >= 0.6 is 0 Å². The first-order chi connectivity index (χ1) is 13.1. The smallest absolute Gasteiger partial charge is 0.192 e. The minimum atomic E-state index is -1.96. The lowest BCUT2D eigenvalue weighted by molar-refractivity contribution is -0.327. The van der Waals surface area contributed by atoms with E-state index in [0.717, 1.165) is 19.1 Å². The first-order valence-electron chi connectivity index (χ1n) is 11.5. The van der Waals surface area contributed by atoms with Crippen molar-refractivity contribution in [1.29, 1.82) is 0 Å². The zero-order chi connectivity index (χ0) is 22.8. The molecule has 5 heteroatoms. The molecule has 0 radical (unpaired) electrons. The summed E-state index contributed by atoms with van der Waals surface area (Å²) < 4.78 is 19.3. The lowest BCUT2D eigenvalue weighted by Gasteiger charge is -2.48. The highest BCUT2D eigenvalue weighted by Gasteiger charge is 2.44. The monoisotopic (exact) mass is 428 g/mol. The lowest BCUT2D eigenvalue weighted by Crippen LogP contribution is -2.52. The summed E-state index contributed by atoms with van der Waals surface area (Å²) in [6.45, 7) is 26.3. The van der Waals surface area contributed by atoms with Crippen LogP contribution in [0.4, 0.5) is 0 Å². The molecule has 1 heterocycles. The third-order valence-corrected chi connectivity index (χ3v) is 11.7. The molecule has 1 aliphatic rings. The third-order valence-electron chi connectivity index (χ3n) is 7.20. The van der Waals surface area contributed by atoms with Crippen LogP contribution in [-0.2, 0) is 18.7 Å². The molecule has 172 valence electrons. The average Bonchev–Trinajstić information content (AvgIpc) is 2.59. The lowest BCUT2D eigenvalue weighted by atomic mass is 9.80. The van der Waals surface area contributed by atoms with Crippen LogP contribution in [0.1, 0.15) is 82.1 Å². The molecule has 0 saturated carbocycles. The van der Waals surface area contributed by atoms with Gasteiger partial charge < -0.3 is 18.7 Å². The molecule has 0 unspecified atom stereocenters. The zero-order valence-electron chi connectivity index (χ0n) is 21.2. The van der Waals surface area contributed by atoms with Crippen LogP contribution in [0.3, 0.4) is 0 Å². The van der Waals surface area contributed by atoms with E-state index in [1.54, 1.807) is 0 Å².